The first-order chi connectivity index (χ1) is 9.56. The molecule has 0 spiro atoms. The third kappa shape index (κ3) is 3.94. The van der Waals surface area contributed by atoms with E-state index >= 15 is 0 Å². The molecule has 3 unspecified atom stereocenters. The molecule has 0 radical (unpaired) electrons. The first kappa shape index (κ1) is 16.2. The molecular formula is C18H31NS. The van der Waals surface area contributed by atoms with E-state index in [9.17, 15) is 5.26 Å². The van der Waals surface area contributed by atoms with Gasteiger partial charge in [-0.05, 0) is 43.4 Å². The van der Waals surface area contributed by atoms with E-state index in [4.69, 9.17) is 0 Å². The molecule has 0 aromatic rings. The van der Waals surface area contributed by atoms with Crippen LogP contribution in [0.5, 0.6) is 0 Å². The zero-order valence-electron chi connectivity index (χ0n) is 13.5. The van der Waals surface area contributed by atoms with Crippen LogP contribution < -0.4 is 0 Å². The average molecular weight is 294 g/mol. The van der Waals surface area contributed by atoms with Crippen molar-refractivity contribution in [2.45, 2.75) is 89.1 Å². The third-order valence-corrected chi connectivity index (χ3v) is 7.62. The molecule has 1 nitrogen and oxygen atoms in total. The van der Waals surface area contributed by atoms with E-state index in [1.165, 1.54) is 51.4 Å². The Morgan fingerprint density at radius 2 is 1.80 bits per heavy atom. The SMILES string of the molecule is CCC(C)(C)C1CCC(C#N)C(SC2CCCCC2)C1. The summed E-state index contributed by atoms with van der Waals surface area (Å²) in [5, 5.41) is 10.9. The Kier molecular flexibility index (Phi) is 5.84. The molecule has 0 aromatic heterocycles. The second-order valence-electron chi connectivity index (χ2n) is 7.52. The van der Waals surface area contributed by atoms with Crippen LogP contribution in [-0.2, 0) is 0 Å². The molecule has 0 amide bonds. The minimum Gasteiger partial charge on any atom is -0.198 e. The van der Waals surface area contributed by atoms with Crippen LogP contribution in [0.4, 0.5) is 0 Å². The Labute approximate surface area is 129 Å². The van der Waals surface area contributed by atoms with Gasteiger partial charge in [0.05, 0.1) is 12.0 Å². The van der Waals surface area contributed by atoms with Gasteiger partial charge in [0.25, 0.3) is 0 Å². The smallest absolute Gasteiger partial charge is 0.0667 e. The predicted octanol–water partition coefficient (Wildman–Crippen LogP) is 5.80. The Bertz CT molecular complexity index is 338. The summed E-state index contributed by atoms with van der Waals surface area (Å²) >= 11 is 2.18. The van der Waals surface area contributed by atoms with Crippen LogP contribution in [-0.4, -0.2) is 10.5 Å². The van der Waals surface area contributed by atoms with Crippen LogP contribution >= 0.6 is 11.8 Å². The van der Waals surface area contributed by atoms with Gasteiger partial charge < -0.3 is 0 Å². The van der Waals surface area contributed by atoms with E-state index in [1.54, 1.807) is 0 Å². The molecule has 0 aliphatic heterocycles. The van der Waals surface area contributed by atoms with Gasteiger partial charge in [0.2, 0.25) is 0 Å². The van der Waals surface area contributed by atoms with E-state index < -0.39 is 0 Å². The monoisotopic (exact) mass is 293 g/mol. The molecule has 0 bridgehead atoms. The maximum atomic E-state index is 9.47. The van der Waals surface area contributed by atoms with Crippen molar-refractivity contribution in [1.29, 1.82) is 5.26 Å². The van der Waals surface area contributed by atoms with E-state index in [0.29, 0.717) is 16.6 Å². The number of hydrogen-bond donors (Lipinski definition) is 0. The maximum absolute atomic E-state index is 9.47. The molecule has 0 heterocycles. The Hall–Kier alpha value is -0.160. The van der Waals surface area contributed by atoms with Crippen LogP contribution in [0, 0.1) is 28.6 Å². The molecule has 2 saturated carbocycles. The van der Waals surface area contributed by atoms with Crippen molar-refractivity contribution in [2.75, 3.05) is 0 Å². The van der Waals surface area contributed by atoms with Crippen LogP contribution in [0.15, 0.2) is 0 Å². The molecule has 2 fully saturated rings. The molecule has 2 aliphatic carbocycles. The van der Waals surface area contributed by atoms with E-state index in [1.807, 2.05) is 0 Å². The number of hydrogen-bond acceptors (Lipinski definition) is 2. The van der Waals surface area contributed by atoms with Gasteiger partial charge in [-0.3, -0.25) is 0 Å². The first-order valence-corrected chi connectivity index (χ1v) is 9.56. The van der Waals surface area contributed by atoms with Crippen LogP contribution in [0.1, 0.15) is 78.6 Å². The highest BCUT2D eigenvalue weighted by molar-refractivity contribution is 8.00. The fourth-order valence-electron chi connectivity index (χ4n) is 3.87. The molecular weight excluding hydrogens is 262 g/mol. The molecule has 2 heteroatoms. The molecule has 2 aliphatic rings. The van der Waals surface area contributed by atoms with Crippen molar-refractivity contribution in [3.63, 3.8) is 0 Å². The summed E-state index contributed by atoms with van der Waals surface area (Å²) in [4.78, 5) is 0. The summed E-state index contributed by atoms with van der Waals surface area (Å²) in [6.07, 6.45) is 12.0. The second kappa shape index (κ2) is 7.21. The molecule has 3 atom stereocenters. The fourth-order valence-corrected chi connectivity index (χ4v) is 5.70. The summed E-state index contributed by atoms with van der Waals surface area (Å²) in [6.45, 7) is 7.17. The lowest BCUT2D eigenvalue weighted by Gasteiger charge is -2.42. The molecule has 20 heavy (non-hydrogen) atoms. The molecule has 0 N–H and O–H groups in total. The van der Waals surface area contributed by atoms with Gasteiger partial charge in [0.1, 0.15) is 0 Å². The number of rotatable bonds is 4. The van der Waals surface area contributed by atoms with E-state index in [0.717, 1.165) is 17.6 Å². The summed E-state index contributed by atoms with van der Waals surface area (Å²) in [5.41, 5.74) is 0.450. The minimum atomic E-state index is 0.311. The third-order valence-electron chi connectivity index (χ3n) is 5.89. The highest BCUT2D eigenvalue weighted by Gasteiger charge is 2.38. The highest BCUT2D eigenvalue weighted by Crippen LogP contribution is 2.47. The zero-order chi connectivity index (χ0) is 14.6. The van der Waals surface area contributed by atoms with Gasteiger partial charge in [-0.15, -0.1) is 0 Å². The predicted molar refractivity (Wildman–Crippen MR) is 88.8 cm³/mol. The summed E-state index contributed by atoms with van der Waals surface area (Å²) < 4.78 is 0. The lowest BCUT2D eigenvalue weighted by molar-refractivity contribution is 0.143. The molecule has 0 saturated heterocycles. The quantitative estimate of drug-likeness (QED) is 0.654. The van der Waals surface area contributed by atoms with Gasteiger partial charge in [0.15, 0.2) is 0 Å². The molecule has 0 aromatic carbocycles. The summed E-state index contributed by atoms with van der Waals surface area (Å²) in [6, 6.07) is 2.61. The van der Waals surface area contributed by atoms with Crippen molar-refractivity contribution in [1.82, 2.24) is 0 Å². The van der Waals surface area contributed by atoms with Crippen LogP contribution in [0.3, 0.4) is 0 Å². The van der Waals surface area contributed by atoms with Crippen LogP contribution in [0.2, 0.25) is 0 Å². The van der Waals surface area contributed by atoms with Crippen molar-refractivity contribution in [3.8, 4) is 6.07 Å². The Morgan fingerprint density at radius 1 is 1.10 bits per heavy atom. The van der Waals surface area contributed by atoms with E-state index in [2.05, 4.69) is 38.6 Å². The molecule has 2 rings (SSSR count). The van der Waals surface area contributed by atoms with Crippen LogP contribution in [0.25, 0.3) is 0 Å². The van der Waals surface area contributed by atoms with Gasteiger partial charge in [0, 0.05) is 10.5 Å². The lowest BCUT2D eigenvalue weighted by Crippen LogP contribution is -2.35. The molecule has 114 valence electrons. The standard InChI is InChI=1S/C18H31NS/c1-4-18(2,3)15-11-10-14(13-19)17(12-15)20-16-8-6-5-7-9-16/h14-17H,4-12H2,1-3H3. The Morgan fingerprint density at radius 3 is 2.40 bits per heavy atom. The largest absolute Gasteiger partial charge is 0.198 e. The normalized spacial score (nSPS) is 32.8. The van der Waals surface area contributed by atoms with Gasteiger partial charge in [-0.25, -0.2) is 0 Å². The van der Waals surface area contributed by atoms with Crippen molar-refractivity contribution in [3.05, 3.63) is 0 Å². The van der Waals surface area contributed by atoms with Gasteiger partial charge >= 0.3 is 0 Å². The van der Waals surface area contributed by atoms with Crippen molar-refractivity contribution < 1.29 is 0 Å². The topological polar surface area (TPSA) is 23.8 Å². The second-order valence-corrected chi connectivity index (χ2v) is 9.07. The summed E-state index contributed by atoms with van der Waals surface area (Å²) in [5.74, 6) is 1.13. The van der Waals surface area contributed by atoms with Crippen molar-refractivity contribution >= 4 is 11.8 Å². The summed E-state index contributed by atoms with van der Waals surface area (Å²) in [7, 11) is 0. The lowest BCUT2D eigenvalue weighted by atomic mass is 9.67. The average Bonchev–Trinajstić information content (AvgIpc) is 2.48. The van der Waals surface area contributed by atoms with Gasteiger partial charge in [-0.1, -0.05) is 46.5 Å². The Balaban J connectivity index is 1.97. The van der Waals surface area contributed by atoms with E-state index in [-0.39, 0.29) is 0 Å². The number of nitriles is 1. The maximum Gasteiger partial charge on any atom is 0.0667 e. The highest BCUT2D eigenvalue weighted by atomic mass is 32.2. The zero-order valence-corrected chi connectivity index (χ0v) is 14.3. The van der Waals surface area contributed by atoms with Gasteiger partial charge in [-0.2, -0.15) is 17.0 Å². The first-order valence-electron chi connectivity index (χ1n) is 8.62. The minimum absolute atomic E-state index is 0.311. The fraction of sp³-hybridized carbons (Fsp3) is 0.944. The number of thioether (sulfide) groups is 1. The number of nitrogens with zero attached hydrogens (tertiary/aromatic N) is 1. The van der Waals surface area contributed by atoms with Crippen molar-refractivity contribution in [2.24, 2.45) is 17.3 Å².